The third-order valence-electron chi connectivity index (χ3n) is 3.43. The maximum absolute atomic E-state index is 14.0. The molecule has 0 saturated carbocycles. The molecule has 0 fully saturated rings. The Morgan fingerprint density at radius 2 is 1.89 bits per heavy atom. The van der Waals surface area contributed by atoms with Crippen molar-refractivity contribution in [2.75, 3.05) is 11.9 Å². The van der Waals surface area contributed by atoms with Crippen LogP contribution in [0.3, 0.4) is 0 Å². The minimum atomic E-state index is -5.25. The molecule has 144 valence electrons. The second kappa shape index (κ2) is 8.26. The largest absolute Gasteiger partial charge is 0.463 e. The van der Waals surface area contributed by atoms with Crippen molar-refractivity contribution in [2.24, 2.45) is 0 Å². The molecule has 0 bridgehead atoms. The number of hydrogen-bond acceptors (Lipinski definition) is 5. The molecule has 0 aliphatic carbocycles. The van der Waals surface area contributed by atoms with Gasteiger partial charge in [-0.05, 0) is 31.2 Å². The molecule has 0 radical (unpaired) electrons. The maximum Gasteiger partial charge on any atom is 0.441 e. The molecular formula is C17H15ClF3N3O3. The van der Waals surface area contributed by atoms with Crippen LogP contribution in [0, 0.1) is 0 Å². The second-order valence-corrected chi connectivity index (χ2v) is 5.68. The number of alkyl halides is 3. The van der Waals surface area contributed by atoms with Crippen molar-refractivity contribution in [2.45, 2.75) is 18.8 Å². The molecule has 1 atom stereocenters. The lowest BCUT2D eigenvalue weighted by atomic mass is 10.1. The van der Waals surface area contributed by atoms with Crippen molar-refractivity contribution in [3.63, 3.8) is 0 Å². The fourth-order valence-electron chi connectivity index (χ4n) is 2.13. The Labute approximate surface area is 157 Å². The quantitative estimate of drug-likeness (QED) is 0.573. The number of pyridine rings is 1. The standard InChI is InChI=1S/C17H15ClF3N3O3/c1-2-27-15(26)16(17(19,20)21,23-13-8-4-3-7-12(13)18)24-14(25)11-6-5-9-22-10-11/h3-10,23H,2H2,1H3,(H,24,25)/t16-/m0/s1. The number of carbonyl (C=O) groups excluding carboxylic acids is 2. The molecule has 2 rings (SSSR count). The second-order valence-electron chi connectivity index (χ2n) is 5.27. The van der Waals surface area contributed by atoms with Gasteiger partial charge in [-0.1, -0.05) is 23.7 Å². The van der Waals surface area contributed by atoms with Gasteiger partial charge in [-0.15, -0.1) is 0 Å². The number of hydrogen-bond donors (Lipinski definition) is 2. The van der Waals surface area contributed by atoms with Gasteiger partial charge in [0.1, 0.15) is 0 Å². The highest BCUT2D eigenvalue weighted by atomic mass is 35.5. The van der Waals surface area contributed by atoms with Crippen molar-refractivity contribution in [3.05, 3.63) is 59.4 Å². The Balaban J connectivity index is 2.52. The third-order valence-corrected chi connectivity index (χ3v) is 3.76. The summed E-state index contributed by atoms with van der Waals surface area (Å²) in [6.45, 7) is 1.01. The summed E-state index contributed by atoms with van der Waals surface area (Å²) in [5, 5.41) is 3.62. The zero-order valence-electron chi connectivity index (χ0n) is 14.0. The van der Waals surface area contributed by atoms with Gasteiger partial charge in [0.25, 0.3) is 5.91 Å². The van der Waals surface area contributed by atoms with Gasteiger partial charge in [-0.25, -0.2) is 4.79 Å². The molecule has 2 aromatic rings. The molecule has 27 heavy (non-hydrogen) atoms. The fraction of sp³-hybridized carbons (Fsp3) is 0.235. The molecule has 6 nitrogen and oxygen atoms in total. The summed E-state index contributed by atoms with van der Waals surface area (Å²) in [6, 6.07) is 8.11. The molecule has 1 heterocycles. The minimum absolute atomic E-state index is 0.0777. The minimum Gasteiger partial charge on any atom is -0.463 e. The number of aromatic nitrogens is 1. The molecule has 0 spiro atoms. The van der Waals surface area contributed by atoms with E-state index in [9.17, 15) is 22.8 Å². The van der Waals surface area contributed by atoms with Gasteiger partial charge in [0.15, 0.2) is 0 Å². The summed E-state index contributed by atoms with van der Waals surface area (Å²) in [5.74, 6) is -2.90. The number of carbonyl (C=O) groups is 2. The average molecular weight is 402 g/mol. The number of halogens is 4. The van der Waals surface area contributed by atoms with Crippen LogP contribution in [0.5, 0.6) is 0 Å². The lowest BCUT2D eigenvalue weighted by molar-refractivity contribution is -0.204. The van der Waals surface area contributed by atoms with Gasteiger partial charge in [0, 0.05) is 12.4 Å². The SMILES string of the molecule is CCOC(=O)[C@@](NC(=O)c1cccnc1)(Nc1ccccc1Cl)C(F)(F)F. The molecule has 0 unspecified atom stereocenters. The van der Waals surface area contributed by atoms with Gasteiger partial charge < -0.3 is 15.4 Å². The van der Waals surface area contributed by atoms with Crippen LogP contribution in [0.15, 0.2) is 48.8 Å². The van der Waals surface area contributed by atoms with Crippen LogP contribution in [-0.2, 0) is 9.53 Å². The van der Waals surface area contributed by atoms with E-state index in [1.807, 2.05) is 5.32 Å². The smallest absolute Gasteiger partial charge is 0.441 e. The zero-order valence-corrected chi connectivity index (χ0v) is 14.8. The van der Waals surface area contributed by atoms with E-state index in [1.54, 1.807) is 5.32 Å². The lowest BCUT2D eigenvalue weighted by Gasteiger charge is -2.35. The van der Waals surface area contributed by atoms with E-state index < -0.39 is 23.7 Å². The monoisotopic (exact) mass is 401 g/mol. The number of ether oxygens (including phenoxy) is 1. The molecular weight excluding hydrogens is 387 g/mol. The topological polar surface area (TPSA) is 80.3 Å². The number of benzene rings is 1. The molecule has 0 saturated heterocycles. The summed E-state index contributed by atoms with van der Waals surface area (Å²) in [6.07, 6.45) is -2.84. The molecule has 0 aliphatic heterocycles. The van der Waals surface area contributed by atoms with Crippen molar-refractivity contribution in [1.29, 1.82) is 0 Å². The van der Waals surface area contributed by atoms with Crippen LogP contribution < -0.4 is 10.6 Å². The number of nitrogens with one attached hydrogen (secondary N) is 2. The molecule has 1 aromatic carbocycles. The van der Waals surface area contributed by atoms with E-state index in [1.165, 1.54) is 49.5 Å². The van der Waals surface area contributed by atoms with E-state index in [4.69, 9.17) is 11.6 Å². The van der Waals surface area contributed by atoms with Gasteiger partial charge in [0.05, 0.1) is 22.9 Å². The Morgan fingerprint density at radius 1 is 1.19 bits per heavy atom. The Bertz CT molecular complexity index is 818. The molecule has 10 heteroatoms. The molecule has 1 amide bonds. The number of amides is 1. The highest BCUT2D eigenvalue weighted by Crippen LogP contribution is 2.35. The van der Waals surface area contributed by atoms with Gasteiger partial charge in [-0.3, -0.25) is 9.78 Å². The summed E-state index contributed by atoms with van der Waals surface area (Å²) >= 11 is 5.91. The Morgan fingerprint density at radius 3 is 2.44 bits per heavy atom. The number of anilines is 1. The van der Waals surface area contributed by atoms with Crippen molar-refractivity contribution >= 4 is 29.2 Å². The van der Waals surface area contributed by atoms with E-state index >= 15 is 0 Å². The van der Waals surface area contributed by atoms with Crippen LogP contribution in [0.1, 0.15) is 17.3 Å². The number of esters is 1. The van der Waals surface area contributed by atoms with Gasteiger partial charge in [-0.2, -0.15) is 13.2 Å². The maximum atomic E-state index is 14.0. The van der Waals surface area contributed by atoms with E-state index in [2.05, 4.69) is 9.72 Å². The van der Waals surface area contributed by atoms with Crippen LogP contribution in [-0.4, -0.2) is 35.3 Å². The van der Waals surface area contributed by atoms with Gasteiger partial charge in [0.2, 0.25) is 0 Å². The van der Waals surface area contributed by atoms with E-state index in [0.29, 0.717) is 0 Å². The van der Waals surface area contributed by atoms with E-state index in [0.717, 1.165) is 6.20 Å². The normalized spacial score (nSPS) is 13.4. The predicted octanol–water partition coefficient (Wildman–Crippen LogP) is 3.40. The highest BCUT2D eigenvalue weighted by Gasteiger charge is 2.63. The fourth-order valence-corrected chi connectivity index (χ4v) is 2.32. The highest BCUT2D eigenvalue weighted by molar-refractivity contribution is 6.33. The molecule has 0 aliphatic rings. The number of nitrogens with zero attached hydrogens (tertiary/aromatic N) is 1. The van der Waals surface area contributed by atoms with Crippen molar-refractivity contribution < 1.29 is 27.5 Å². The molecule has 2 N–H and O–H groups in total. The number of rotatable bonds is 6. The summed E-state index contributed by atoms with van der Waals surface area (Å²) in [5.41, 5.74) is -3.94. The zero-order chi connectivity index (χ0) is 20.1. The molecule has 1 aromatic heterocycles. The van der Waals surface area contributed by atoms with Crippen LogP contribution in [0.2, 0.25) is 5.02 Å². The summed E-state index contributed by atoms with van der Waals surface area (Å²) in [7, 11) is 0. The average Bonchev–Trinajstić information content (AvgIpc) is 2.62. The van der Waals surface area contributed by atoms with Crippen LogP contribution in [0.25, 0.3) is 0 Å². The van der Waals surface area contributed by atoms with E-state index in [-0.39, 0.29) is 22.9 Å². The predicted molar refractivity (Wildman–Crippen MR) is 92.2 cm³/mol. The Hall–Kier alpha value is -2.81. The summed E-state index contributed by atoms with van der Waals surface area (Å²) in [4.78, 5) is 28.4. The number of para-hydroxylation sites is 1. The Kier molecular flexibility index (Phi) is 6.27. The van der Waals surface area contributed by atoms with Crippen molar-refractivity contribution in [3.8, 4) is 0 Å². The first-order valence-electron chi connectivity index (χ1n) is 7.70. The first-order valence-corrected chi connectivity index (χ1v) is 8.08. The van der Waals surface area contributed by atoms with Crippen molar-refractivity contribution in [1.82, 2.24) is 10.3 Å². The first-order chi connectivity index (χ1) is 12.7. The first kappa shape index (κ1) is 20.5. The van der Waals surface area contributed by atoms with Crippen LogP contribution in [0.4, 0.5) is 18.9 Å². The lowest BCUT2D eigenvalue weighted by Crippen LogP contribution is -2.69. The third kappa shape index (κ3) is 4.48. The van der Waals surface area contributed by atoms with Gasteiger partial charge >= 0.3 is 17.8 Å². The summed E-state index contributed by atoms with van der Waals surface area (Å²) < 4.78 is 46.6. The van der Waals surface area contributed by atoms with Crippen LogP contribution >= 0.6 is 11.6 Å².